The largest absolute Gasteiger partial charge is 0.508 e. The van der Waals surface area contributed by atoms with Crippen LogP contribution < -0.4 is 10.6 Å². The molecule has 20 heavy (non-hydrogen) atoms. The number of phenolic OH excluding ortho intramolecular Hbond substituents is 1. The van der Waals surface area contributed by atoms with Gasteiger partial charge in [0.2, 0.25) is 5.91 Å². The molecule has 2 rings (SSSR count). The lowest BCUT2D eigenvalue weighted by atomic mass is 10.1. The third-order valence-electron chi connectivity index (χ3n) is 3.27. The Labute approximate surface area is 118 Å². The summed E-state index contributed by atoms with van der Waals surface area (Å²) in [5, 5.41) is 15.1. The number of amides is 2. The molecule has 108 valence electrons. The molecule has 1 aliphatic carbocycles. The molecule has 3 N–H and O–H groups in total. The zero-order valence-corrected chi connectivity index (χ0v) is 11.6. The van der Waals surface area contributed by atoms with E-state index in [0.29, 0.717) is 36.6 Å². The molecule has 5 heteroatoms. The molecule has 0 saturated heterocycles. The quantitative estimate of drug-likeness (QED) is 0.689. The molecule has 0 spiro atoms. The van der Waals surface area contributed by atoms with Gasteiger partial charge in [-0.3, -0.25) is 9.59 Å². The summed E-state index contributed by atoms with van der Waals surface area (Å²) < 4.78 is 0. The number of nitrogens with one attached hydrogen (secondary N) is 2. The molecule has 1 aromatic carbocycles. The lowest BCUT2D eigenvalue weighted by Crippen LogP contribution is -2.28. The van der Waals surface area contributed by atoms with Crippen molar-refractivity contribution in [1.82, 2.24) is 10.6 Å². The molecular weight excluding hydrogens is 256 g/mol. The molecule has 0 atom stereocenters. The summed E-state index contributed by atoms with van der Waals surface area (Å²) in [6.07, 6.45) is 3.23. The Balaban J connectivity index is 1.68. The van der Waals surface area contributed by atoms with Gasteiger partial charge in [-0.15, -0.1) is 0 Å². The monoisotopic (exact) mass is 276 g/mol. The number of hydrogen-bond donors (Lipinski definition) is 3. The lowest BCUT2D eigenvalue weighted by Gasteiger charge is -2.07. The number of aromatic hydroxyl groups is 1. The van der Waals surface area contributed by atoms with Gasteiger partial charge in [-0.05, 0) is 49.9 Å². The van der Waals surface area contributed by atoms with E-state index in [-0.39, 0.29) is 17.6 Å². The molecule has 2 amide bonds. The van der Waals surface area contributed by atoms with Crippen LogP contribution in [-0.4, -0.2) is 29.5 Å². The summed E-state index contributed by atoms with van der Waals surface area (Å²) in [7, 11) is 0. The number of aryl methyl sites for hydroxylation is 1. The van der Waals surface area contributed by atoms with Crippen molar-refractivity contribution >= 4 is 11.8 Å². The first-order valence-corrected chi connectivity index (χ1v) is 6.93. The fourth-order valence-corrected chi connectivity index (χ4v) is 1.88. The van der Waals surface area contributed by atoms with Gasteiger partial charge in [0.15, 0.2) is 0 Å². The van der Waals surface area contributed by atoms with E-state index in [1.165, 1.54) is 6.07 Å². The number of phenols is 1. The minimum atomic E-state index is -0.185. The molecule has 1 saturated carbocycles. The average molecular weight is 276 g/mol. The summed E-state index contributed by atoms with van der Waals surface area (Å²) in [5.74, 6) is 0.0521. The van der Waals surface area contributed by atoms with E-state index in [0.717, 1.165) is 12.8 Å². The van der Waals surface area contributed by atoms with Crippen LogP contribution in [0.5, 0.6) is 5.75 Å². The van der Waals surface area contributed by atoms with Gasteiger partial charge in [-0.25, -0.2) is 0 Å². The maximum absolute atomic E-state index is 11.8. The van der Waals surface area contributed by atoms with Crippen LogP contribution in [0.15, 0.2) is 18.2 Å². The van der Waals surface area contributed by atoms with Crippen LogP contribution in [0.3, 0.4) is 0 Å². The van der Waals surface area contributed by atoms with Crippen LogP contribution in [-0.2, 0) is 4.79 Å². The van der Waals surface area contributed by atoms with Gasteiger partial charge in [0, 0.05) is 24.6 Å². The highest BCUT2D eigenvalue weighted by atomic mass is 16.3. The van der Waals surface area contributed by atoms with Crippen molar-refractivity contribution in [2.24, 2.45) is 0 Å². The van der Waals surface area contributed by atoms with Gasteiger partial charge in [0.25, 0.3) is 5.91 Å². The van der Waals surface area contributed by atoms with E-state index >= 15 is 0 Å². The van der Waals surface area contributed by atoms with Crippen LogP contribution in [0.2, 0.25) is 0 Å². The van der Waals surface area contributed by atoms with E-state index in [1.54, 1.807) is 19.1 Å². The van der Waals surface area contributed by atoms with E-state index < -0.39 is 0 Å². The molecule has 0 heterocycles. The van der Waals surface area contributed by atoms with E-state index in [1.807, 2.05) is 0 Å². The standard InChI is InChI=1S/C15H20N2O3/c1-10-9-11(4-7-13(10)18)15(20)16-8-2-3-14(19)17-12-5-6-12/h4,7,9,12,18H,2-3,5-6,8H2,1H3,(H,16,20)(H,17,19). The number of hydrogen-bond acceptors (Lipinski definition) is 3. The number of rotatable bonds is 6. The second-order valence-electron chi connectivity index (χ2n) is 5.20. The van der Waals surface area contributed by atoms with Gasteiger partial charge in [0.05, 0.1) is 0 Å². The topological polar surface area (TPSA) is 78.4 Å². The fourth-order valence-electron chi connectivity index (χ4n) is 1.88. The Kier molecular flexibility index (Phi) is 4.61. The minimum absolute atomic E-state index is 0.0576. The molecule has 0 aliphatic heterocycles. The normalized spacial score (nSPS) is 13.8. The Morgan fingerprint density at radius 3 is 2.75 bits per heavy atom. The number of carbonyl (C=O) groups excluding carboxylic acids is 2. The van der Waals surface area contributed by atoms with Crippen LogP contribution in [0.4, 0.5) is 0 Å². The second kappa shape index (κ2) is 6.41. The van der Waals surface area contributed by atoms with E-state index in [4.69, 9.17) is 0 Å². The highest BCUT2D eigenvalue weighted by molar-refractivity contribution is 5.94. The summed E-state index contributed by atoms with van der Waals surface area (Å²) in [5.41, 5.74) is 1.18. The Morgan fingerprint density at radius 1 is 1.35 bits per heavy atom. The zero-order valence-electron chi connectivity index (χ0n) is 11.6. The number of benzene rings is 1. The maximum atomic E-state index is 11.8. The SMILES string of the molecule is Cc1cc(C(=O)NCCCC(=O)NC2CC2)ccc1O. The van der Waals surface area contributed by atoms with Crippen molar-refractivity contribution in [3.8, 4) is 5.75 Å². The highest BCUT2D eigenvalue weighted by Gasteiger charge is 2.22. The van der Waals surface area contributed by atoms with Crippen molar-refractivity contribution in [1.29, 1.82) is 0 Å². The van der Waals surface area contributed by atoms with Gasteiger partial charge < -0.3 is 15.7 Å². The Bertz CT molecular complexity index is 510. The summed E-state index contributed by atoms with van der Waals surface area (Å²) in [6.45, 7) is 2.21. The van der Waals surface area contributed by atoms with Crippen molar-refractivity contribution in [2.45, 2.75) is 38.6 Å². The lowest BCUT2D eigenvalue weighted by molar-refractivity contribution is -0.121. The molecule has 1 fully saturated rings. The number of carbonyl (C=O) groups is 2. The molecule has 1 aromatic rings. The van der Waals surface area contributed by atoms with Crippen LogP contribution in [0, 0.1) is 6.92 Å². The van der Waals surface area contributed by atoms with Crippen molar-refractivity contribution in [3.05, 3.63) is 29.3 Å². The second-order valence-corrected chi connectivity index (χ2v) is 5.20. The van der Waals surface area contributed by atoms with Crippen molar-refractivity contribution < 1.29 is 14.7 Å². The Morgan fingerprint density at radius 2 is 2.10 bits per heavy atom. The van der Waals surface area contributed by atoms with Crippen LogP contribution in [0.25, 0.3) is 0 Å². The minimum Gasteiger partial charge on any atom is -0.508 e. The van der Waals surface area contributed by atoms with Crippen LogP contribution >= 0.6 is 0 Å². The van der Waals surface area contributed by atoms with E-state index in [2.05, 4.69) is 10.6 Å². The van der Waals surface area contributed by atoms with Crippen molar-refractivity contribution in [3.63, 3.8) is 0 Å². The Hall–Kier alpha value is -2.04. The average Bonchev–Trinajstić information content (AvgIpc) is 3.21. The predicted molar refractivity (Wildman–Crippen MR) is 75.6 cm³/mol. The summed E-state index contributed by atoms with van der Waals surface area (Å²) in [4.78, 5) is 23.3. The van der Waals surface area contributed by atoms with Gasteiger partial charge in [-0.2, -0.15) is 0 Å². The van der Waals surface area contributed by atoms with Crippen molar-refractivity contribution in [2.75, 3.05) is 6.54 Å². The molecular formula is C15H20N2O3. The van der Waals surface area contributed by atoms with Gasteiger partial charge in [-0.1, -0.05) is 0 Å². The predicted octanol–water partition coefficient (Wildman–Crippen LogP) is 1.49. The molecule has 0 radical (unpaired) electrons. The van der Waals surface area contributed by atoms with Gasteiger partial charge >= 0.3 is 0 Å². The van der Waals surface area contributed by atoms with E-state index in [9.17, 15) is 14.7 Å². The third-order valence-corrected chi connectivity index (χ3v) is 3.27. The molecule has 1 aliphatic rings. The first-order valence-electron chi connectivity index (χ1n) is 6.93. The van der Waals surface area contributed by atoms with Crippen LogP contribution in [0.1, 0.15) is 41.6 Å². The molecule has 5 nitrogen and oxygen atoms in total. The first-order chi connectivity index (χ1) is 9.56. The zero-order chi connectivity index (χ0) is 14.5. The molecule has 0 bridgehead atoms. The summed E-state index contributed by atoms with van der Waals surface area (Å²) >= 11 is 0. The smallest absolute Gasteiger partial charge is 0.251 e. The molecule has 0 aromatic heterocycles. The fraction of sp³-hybridized carbons (Fsp3) is 0.467. The maximum Gasteiger partial charge on any atom is 0.251 e. The first kappa shape index (κ1) is 14.4. The highest BCUT2D eigenvalue weighted by Crippen LogP contribution is 2.18. The molecule has 0 unspecified atom stereocenters. The van der Waals surface area contributed by atoms with Gasteiger partial charge in [0.1, 0.15) is 5.75 Å². The summed E-state index contributed by atoms with van der Waals surface area (Å²) in [6, 6.07) is 5.12. The third kappa shape index (κ3) is 4.26.